The zero-order valence-electron chi connectivity index (χ0n) is 20.4. The quantitative estimate of drug-likeness (QED) is 0.367. The molecule has 2 aromatic carbocycles. The summed E-state index contributed by atoms with van der Waals surface area (Å²) in [6, 6.07) is 4.89. The molecule has 0 atom stereocenters. The molecule has 0 aliphatic carbocycles. The van der Waals surface area contributed by atoms with Gasteiger partial charge >= 0.3 is 11.9 Å². The van der Waals surface area contributed by atoms with Crippen LogP contribution in [0.15, 0.2) is 24.3 Å². The summed E-state index contributed by atoms with van der Waals surface area (Å²) in [6.07, 6.45) is 5.54. The number of phenolic OH excluding ortho intramolecular Hbond substituents is 2. The van der Waals surface area contributed by atoms with Crippen LogP contribution in [0.4, 0.5) is 0 Å². The molecule has 10 heteroatoms. The lowest BCUT2D eigenvalue weighted by atomic mass is 10.2. The molecule has 0 amide bonds. The average Bonchev–Trinajstić information content (AvgIpc) is 2.83. The predicted octanol–water partition coefficient (Wildman–Crippen LogP) is 4.80. The van der Waals surface area contributed by atoms with Crippen molar-refractivity contribution in [2.75, 3.05) is 28.4 Å². The topological polar surface area (TPSA) is 152 Å². The summed E-state index contributed by atoms with van der Waals surface area (Å²) in [7, 11) is 5.33. The van der Waals surface area contributed by atoms with Crippen molar-refractivity contribution in [2.24, 2.45) is 0 Å². The number of ether oxygens (including phenoxy) is 4. The molecule has 0 radical (unpaired) electrons. The molecule has 0 saturated heterocycles. The number of carbonyl (C=O) groups is 2. The third-order valence-electron chi connectivity index (χ3n) is 4.41. The van der Waals surface area contributed by atoms with Crippen LogP contribution in [0.1, 0.15) is 60.2 Å². The van der Waals surface area contributed by atoms with Gasteiger partial charge in [0.2, 0.25) is 11.5 Å². The lowest BCUT2D eigenvalue weighted by Crippen LogP contribution is -1.98. The zero-order valence-corrected chi connectivity index (χ0v) is 20.4. The van der Waals surface area contributed by atoms with Gasteiger partial charge in [-0.15, -0.1) is 0 Å². The Hall–Kier alpha value is -3.82. The van der Waals surface area contributed by atoms with E-state index in [9.17, 15) is 19.8 Å². The molecule has 0 aliphatic rings. The Bertz CT molecular complexity index is 798. The van der Waals surface area contributed by atoms with Crippen LogP contribution in [0.5, 0.6) is 34.5 Å². The van der Waals surface area contributed by atoms with Gasteiger partial charge in [-0.05, 0) is 24.3 Å². The summed E-state index contributed by atoms with van der Waals surface area (Å²) in [5, 5.41) is 36.3. The van der Waals surface area contributed by atoms with E-state index in [0.29, 0.717) is 0 Å². The fourth-order valence-corrected chi connectivity index (χ4v) is 2.53. The summed E-state index contributed by atoms with van der Waals surface area (Å²) in [5.74, 6) is -2.35. The van der Waals surface area contributed by atoms with Crippen molar-refractivity contribution in [1.29, 1.82) is 0 Å². The van der Waals surface area contributed by atoms with Crippen molar-refractivity contribution < 1.29 is 49.0 Å². The minimum Gasteiger partial charge on any atom is -0.502 e. The lowest BCUT2D eigenvalue weighted by Gasteiger charge is -2.08. The maximum absolute atomic E-state index is 10.7. The van der Waals surface area contributed by atoms with Crippen LogP contribution in [0.25, 0.3) is 0 Å². The molecule has 4 N–H and O–H groups in total. The van der Waals surface area contributed by atoms with Crippen LogP contribution in [0.2, 0.25) is 0 Å². The van der Waals surface area contributed by atoms with Gasteiger partial charge < -0.3 is 39.4 Å². The Morgan fingerprint density at radius 2 is 0.853 bits per heavy atom. The third-order valence-corrected chi connectivity index (χ3v) is 4.41. The number of unbranched alkanes of at least 4 members (excludes halogenated alkanes) is 3. The highest BCUT2D eigenvalue weighted by Gasteiger charge is 2.15. The van der Waals surface area contributed by atoms with E-state index in [-0.39, 0.29) is 45.6 Å². The number of phenols is 2. The number of hydrogen-bond donors (Lipinski definition) is 4. The van der Waals surface area contributed by atoms with E-state index in [2.05, 4.69) is 13.8 Å². The van der Waals surface area contributed by atoms with Crippen molar-refractivity contribution in [3.05, 3.63) is 35.4 Å². The van der Waals surface area contributed by atoms with Gasteiger partial charge in [0.1, 0.15) is 0 Å². The Morgan fingerprint density at radius 1 is 0.618 bits per heavy atom. The van der Waals surface area contributed by atoms with Crippen LogP contribution in [-0.2, 0) is 0 Å². The molecule has 0 unspecified atom stereocenters. The predicted molar refractivity (Wildman–Crippen MR) is 126 cm³/mol. The van der Waals surface area contributed by atoms with Gasteiger partial charge in [0.15, 0.2) is 23.0 Å². The van der Waals surface area contributed by atoms with Crippen LogP contribution >= 0.6 is 0 Å². The Labute approximate surface area is 199 Å². The molecule has 2 aromatic rings. The first kappa shape index (κ1) is 30.2. The van der Waals surface area contributed by atoms with Crippen molar-refractivity contribution in [3.63, 3.8) is 0 Å². The fraction of sp³-hybridized carbons (Fsp3) is 0.417. The normalized spacial score (nSPS) is 9.47. The highest BCUT2D eigenvalue weighted by molar-refractivity contribution is 5.90. The first-order valence-corrected chi connectivity index (χ1v) is 10.5. The highest BCUT2D eigenvalue weighted by Crippen LogP contribution is 2.37. The summed E-state index contributed by atoms with van der Waals surface area (Å²) in [6.45, 7) is 4.46. The van der Waals surface area contributed by atoms with E-state index < -0.39 is 11.9 Å². The Kier molecular flexibility index (Phi) is 14.1. The zero-order chi connectivity index (χ0) is 26.3. The van der Waals surface area contributed by atoms with Crippen LogP contribution in [0, 0.1) is 0 Å². The average molecular weight is 483 g/mol. The summed E-state index contributed by atoms with van der Waals surface area (Å²) < 4.78 is 19.1. The van der Waals surface area contributed by atoms with Gasteiger partial charge in [-0.1, -0.05) is 39.5 Å². The molecular formula is C24H34O10. The van der Waals surface area contributed by atoms with Gasteiger partial charge in [-0.3, -0.25) is 0 Å². The third kappa shape index (κ3) is 9.35. The molecule has 2 rings (SSSR count). The number of aromatic carboxylic acids is 2. The monoisotopic (exact) mass is 482 g/mol. The maximum atomic E-state index is 10.7. The minimum atomic E-state index is -1.11. The van der Waals surface area contributed by atoms with Crippen LogP contribution in [-0.4, -0.2) is 60.8 Å². The van der Waals surface area contributed by atoms with E-state index in [0.717, 1.165) is 0 Å². The molecule has 0 bridgehead atoms. The van der Waals surface area contributed by atoms with E-state index in [1.54, 1.807) is 0 Å². The highest BCUT2D eigenvalue weighted by atomic mass is 16.5. The smallest absolute Gasteiger partial charge is 0.335 e. The summed E-state index contributed by atoms with van der Waals surface area (Å²) in [5.41, 5.74) is -0.00648. The van der Waals surface area contributed by atoms with Crippen molar-refractivity contribution >= 4 is 11.9 Å². The second kappa shape index (κ2) is 15.9. The molecular weight excluding hydrogens is 448 g/mol. The van der Waals surface area contributed by atoms with Crippen molar-refractivity contribution in [3.8, 4) is 34.5 Å². The summed E-state index contributed by atoms with van der Waals surface area (Å²) >= 11 is 0. The second-order valence-electron chi connectivity index (χ2n) is 6.78. The van der Waals surface area contributed by atoms with Crippen LogP contribution in [0.3, 0.4) is 0 Å². The molecule has 34 heavy (non-hydrogen) atoms. The fourth-order valence-electron chi connectivity index (χ4n) is 2.53. The van der Waals surface area contributed by atoms with E-state index in [4.69, 9.17) is 29.2 Å². The molecule has 0 aliphatic heterocycles. The molecule has 0 spiro atoms. The molecule has 0 fully saturated rings. The number of aromatic hydroxyl groups is 2. The number of hydrogen-bond acceptors (Lipinski definition) is 8. The van der Waals surface area contributed by atoms with Gasteiger partial charge in [0, 0.05) is 0 Å². The molecule has 190 valence electrons. The first-order valence-electron chi connectivity index (χ1n) is 10.5. The Balaban J connectivity index is 0.000000521. The van der Waals surface area contributed by atoms with E-state index in [1.165, 1.54) is 78.4 Å². The maximum Gasteiger partial charge on any atom is 0.335 e. The lowest BCUT2D eigenvalue weighted by molar-refractivity contribution is 0.0685. The van der Waals surface area contributed by atoms with Gasteiger partial charge in [0.25, 0.3) is 0 Å². The first-order chi connectivity index (χ1) is 16.1. The van der Waals surface area contributed by atoms with E-state index >= 15 is 0 Å². The number of carboxylic acids is 2. The number of rotatable bonds is 9. The molecule has 0 heterocycles. The van der Waals surface area contributed by atoms with E-state index in [1.807, 2.05) is 0 Å². The minimum absolute atomic E-state index is 0.00324. The second-order valence-corrected chi connectivity index (χ2v) is 6.78. The van der Waals surface area contributed by atoms with Crippen molar-refractivity contribution in [2.45, 2.75) is 39.5 Å². The SMILES string of the molecule is CCCCCC.COc1cc(C(=O)O)cc(OC)c1O.COc1cc(C(=O)O)cc(OC)c1O. The van der Waals surface area contributed by atoms with Gasteiger partial charge in [0.05, 0.1) is 39.6 Å². The number of carboxylic acid groups (broad SMARTS) is 2. The summed E-state index contributed by atoms with van der Waals surface area (Å²) in [4.78, 5) is 21.3. The molecule has 10 nitrogen and oxygen atoms in total. The van der Waals surface area contributed by atoms with Gasteiger partial charge in [-0.2, -0.15) is 0 Å². The number of benzene rings is 2. The molecule has 0 aromatic heterocycles. The van der Waals surface area contributed by atoms with Crippen molar-refractivity contribution in [1.82, 2.24) is 0 Å². The molecule has 0 saturated carbocycles. The Morgan fingerprint density at radius 3 is 1.00 bits per heavy atom. The van der Waals surface area contributed by atoms with Gasteiger partial charge in [-0.25, -0.2) is 9.59 Å². The standard InChI is InChI=1S/2C9H10O5.C6H14/c2*1-13-6-3-5(9(11)12)4-7(14-2)8(6)10;1-3-5-6-4-2/h2*3-4,10H,1-2H3,(H,11,12);3-6H2,1-2H3. The van der Waals surface area contributed by atoms with Crippen LogP contribution < -0.4 is 18.9 Å². The number of methoxy groups -OCH3 is 4. The largest absolute Gasteiger partial charge is 0.502 e.